The summed E-state index contributed by atoms with van der Waals surface area (Å²) < 4.78 is 68.8. The Kier molecular flexibility index (Phi) is 6.06. The number of primary sulfonamides is 1. The molecule has 2 aromatic rings. The first-order chi connectivity index (χ1) is 12.0. The van der Waals surface area contributed by atoms with Gasteiger partial charge in [-0.25, -0.2) is 26.4 Å². The molecule has 140 valence electrons. The zero-order valence-electron chi connectivity index (χ0n) is 13.3. The van der Waals surface area contributed by atoms with Gasteiger partial charge in [0.05, 0.1) is 18.2 Å². The molecular formula is C15H14BrFN2O5S2. The highest BCUT2D eigenvalue weighted by molar-refractivity contribution is 9.10. The van der Waals surface area contributed by atoms with E-state index in [9.17, 15) is 21.2 Å². The van der Waals surface area contributed by atoms with Crippen LogP contribution in [0, 0.1) is 5.82 Å². The van der Waals surface area contributed by atoms with Gasteiger partial charge in [-0.1, -0.05) is 15.9 Å². The van der Waals surface area contributed by atoms with Gasteiger partial charge in [-0.05, 0) is 42.5 Å². The second-order valence-electron chi connectivity index (χ2n) is 5.02. The van der Waals surface area contributed by atoms with E-state index in [1.165, 1.54) is 13.2 Å². The Hall–Kier alpha value is -1.95. The van der Waals surface area contributed by atoms with Crippen molar-refractivity contribution >= 4 is 47.7 Å². The lowest BCUT2D eigenvalue weighted by Crippen LogP contribution is -2.17. The van der Waals surface area contributed by atoms with E-state index in [1.807, 2.05) is 4.72 Å². The van der Waals surface area contributed by atoms with Crippen LogP contribution in [-0.2, 0) is 20.0 Å². The normalized spacial score (nSPS) is 12.3. The van der Waals surface area contributed by atoms with E-state index in [-0.39, 0.29) is 0 Å². The third kappa shape index (κ3) is 5.27. The van der Waals surface area contributed by atoms with E-state index in [4.69, 9.17) is 9.88 Å². The Morgan fingerprint density at radius 3 is 2.46 bits per heavy atom. The van der Waals surface area contributed by atoms with Crippen LogP contribution in [0.5, 0.6) is 5.75 Å². The molecule has 0 radical (unpaired) electrons. The predicted octanol–water partition coefficient (Wildman–Crippen LogP) is 2.66. The maximum Gasteiger partial charge on any atom is 0.255 e. The van der Waals surface area contributed by atoms with Crippen molar-refractivity contribution in [1.82, 2.24) is 0 Å². The van der Waals surface area contributed by atoms with Gasteiger partial charge in [-0.3, -0.25) is 4.72 Å². The Labute approximate surface area is 158 Å². The lowest BCUT2D eigenvalue weighted by Gasteiger charge is -2.10. The molecule has 0 aliphatic carbocycles. The number of ether oxygens (including phenoxy) is 1. The number of sulfonamides is 2. The van der Waals surface area contributed by atoms with Gasteiger partial charge in [0.2, 0.25) is 10.0 Å². The van der Waals surface area contributed by atoms with Crippen LogP contribution in [0.3, 0.4) is 0 Å². The molecule has 2 rings (SSSR count). The average Bonchev–Trinajstić information content (AvgIpc) is 2.51. The van der Waals surface area contributed by atoms with Crippen molar-refractivity contribution < 1.29 is 26.0 Å². The fraction of sp³-hybridized carbons (Fsp3) is 0.0667. The molecule has 0 unspecified atom stereocenters. The van der Waals surface area contributed by atoms with Crippen molar-refractivity contribution in [3.63, 3.8) is 0 Å². The molecule has 0 spiro atoms. The Balaban J connectivity index is 2.39. The monoisotopic (exact) mass is 464 g/mol. The molecule has 0 heterocycles. The topological polar surface area (TPSA) is 116 Å². The molecule has 0 aliphatic heterocycles. The number of methoxy groups -OCH3 is 1. The highest BCUT2D eigenvalue weighted by atomic mass is 79.9. The summed E-state index contributed by atoms with van der Waals surface area (Å²) in [7, 11) is -6.98. The molecule has 2 aromatic carbocycles. The number of nitrogens with one attached hydrogen (secondary N) is 1. The predicted molar refractivity (Wildman–Crippen MR) is 100 cm³/mol. The van der Waals surface area contributed by atoms with Crippen LogP contribution in [0.15, 0.2) is 51.2 Å². The number of hydrogen-bond acceptors (Lipinski definition) is 5. The maximum absolute atomic E-state index is 13.4. The summed E-state index contributed by atoms with van der Waals surface area (Å²) in [6.45, 7) is 0. The molecule has 0 atom stereocenters. The number of benzene rings is 2. The number of rotatable bonds is 6. The van der Waals surface area contributed by atoms with Crippen LogP contribution in [0.25, 0.3) is 6.08 Å². The highest BCUT2D eigenvalue weighted by Crippen LogP contribution is 2.26. The van der Waals surface area contributed by atoms with Crippen molar-refractivity contribution in [2.24, 2.45) is 5.14 Å². The SMILES string of the molecule is COc1ccc(Br)cc1C=CS(=O)(=O)Nc1cc(F)ccc1S(N)(=O)=O. The fourth-order valence-corrected chi connectivity index (χ4v) is 4.00. The van der Waals surface area contributed by atoms with Gasteiger partial charge in [-0.15, -0.1) is 0 Å². The molecule has 3 N–H and O–H groups in total. The number of halogens is 2. The second kappa shape index (κ2) is 7.74. The summed E-state index contributed by atoms with van der Waals surface area (Å²) in [5.41, 5.74) is -0.0310. The molecule has 7 nitrogen and oxygen atoms in total. The van der Waals surface area contributed by atoms with Crippen molar-refractivity contribution in [2.45, 2.75) is 4.90 Å². The fourth-order valence-electron chi connectivity index (χ4n) is 2.02. The van der Waals surface area contributed by atoms with Crippen LogP contribution < -0.4 is 14.6 Å². The highest BCUT2D eigenvalue weighted by Gasteiger charge is 2.18. The molecule has 0 aliphatic rings. The first kappa shape index (κ1) is 20.4. The van der Waals surface area contributed by atoms with E-state index in [1.54, 1.807) is 18.2 Å². The van der Waals surface area contributed by atoms with Crippen LogP contribution >= 0.6 is 15.9 Å². The molecule has 0 fully saturated rings. The molecular weight excluding hydrogens is 451 g/mol. The molecule has 0 bridgehead atoms. The first-order valence-electron chi connectivity index (χ1n) is 6.88. The summed E-state index contributed by atoms with van der Waals surface area (Å²) >= 11 is 3.26. The zero-order valence-corrected chi connectivity index (χ0v) is 16.5. The quantitative estimate of drug-likeness (QED) is 0.681. The Morgan fingerprint density at radius 2 is 1.85 bits per heavy atom. The van der Waals surface area contributed by atoms with Crippen LogP contribution in [-0.4, -0.2) is 23.9 Å². The molecule has 0 amide bonds. The largest absolute Gasteiger partial charge is 0.496 e. The van der Waals surface area contributed by atoms with Gasteiger partial charge >= 0.3 is 0 Å². The minimum atomic E-state index is -4.25. The van der Waals surface area contributed by atoms with Crippen molar-refractivity contribution in [3.05, 3.63) is 57.7 Å². The standard InChI is InChI=1S/C15H14BrFN2O5S2/c1-24-14-4-2-11(16)8-10(14)6-7-25(20,21)19-13-9-12(17)3-5-15(13)26(18,22)23/h2-9,19H,1H3,(H2,18,22,23). The van der Waals surface area contributed by atoms with E-state index < -0.39 is 36.4 Å². The summed E-state index contributed by atoms with van der Waals surface area (Å²) in [6.07, 6.45) is 1.25. The van der Waals surface area contributed by atoms with Crippen molar-refractivity contribution in [1.29, 1.82) is 0 Å². The van der Waals surface area contributed by atoms with E-state index in [2.05, 4.69) is 15.9 Å². The zero-order chi connectivity index (χ0) is 19.5. The Bertz CT molecular complexity index is 1070. The summed E-state index contributed by atoms with van der Waals surface area (Å²) in [5, 5.41) is 5.82. The molecule has 11 heteroatoms. The van der Waals surface area contributed by atoms with Crippen molar-refractivity contribution in [2.75, 3.05) is 11.8 Å². The summed E-state index contributed by atoms with van der Waals surface area (Å²) in [4.78, 5) is -0.545. The Morgan fingerprint density at radius 1 is 1.15 bits per heavy atom. The van der Waals surface area contributed by atoms with Gasteiger partial charge in [0.15, 0.2) is 0 Å². The molecule has 0 saturated heterocycles. The first-order valence-corrected chi connectivity index (χ1v) is 10.8. The van der Waals surface area contributed by atoms with Gasteiger partial charge in [-0.2, -0.15) is 0 Å². The van der Waals surface area contributed by atoms with E-state index >= 15 is 0 Å². The van der Waals surface area contributed by atoms with Gasteiger partial charge in [0, 0.05) is 10.0 Å². The maximum atomic E-state index is 13.4. The summed E-state index contributed by atoms with van der Waals surface area (Å²) in [5.74, 6) is -0.400. The van der Waals surface area contributed by atoms with Crippen LogP contribution in [0.4, 0.5) is 10.1 Å². The number of anilines is 1. The lowest BCUT2D eigenvalue weighted by atomic mass is 10.2. The lowest BCUT2D eigenvalue weighted by molar-refractivity contribution is 0.414. The smallest absolute Gasteiger partial charge is 0.255 e. The minimum Gasteiger partial charge on any atom is -0.496 e. The van der Waals surface area contributed by atoms with E-state index in [0.29, 0.717) is 15.8 Å². The van der Waals surface area contributed by atoms with Crippen LogP contribution in [0.1, 0.15) is 5.56 Å². The summed E-state index contributed by atoms with van der Waals surface area (Å²) in [6, 6.07) is 7.44. The average molecular weight is 465 g/mol. The molecule has 0 aromatic heterocycles. The minimum absolute atomic E-state index is 0.427. The third-order valence-corrected chi connectivity index (χ3v) is 5.58. The molecule has 26 heavy (non-hydrogen) atoms. The van der Waals surface area contributed by atoms with Gasteiger partial charge in [0.1, 0.15) is 16.5 Å². The number of nitrogens with two attached hydrogens (primary N) is 1. The molecule has 0 saturated carbocycles. The number of hydrogen-bond donors (Lipinski definition) is 2. The van der Waals surface area contributed by atoms with Crippen LogP contribution in [0.2, 0.25) is 0 Å². The van der Waals surface area contributed by atoms with Crippen molar-refractivity contribution in [3.8, 4) is 5.75 Å². The van der Waals surface area contributed by atoms with Gasteiger partial charge < -0.3 is 4.74 Å². The van der Waals surface area contributed by atoms with E-state index in [0.717, 1.165) is 23.6 Å². The van der Waals surface area contributed by atoms with Gasteiger partial charge in [0.25, 0.3) is 10.0 Å². The second-order valence-corrected chi connectivity index (χ2v) is 9.03. The third-order valence-electron chi connectivity index (χ3n) is 3.12.